The number of benzene rings is 1. The van der Waals surface area contributed by atoms with Gasteiger partial charge in [-0.1, -0.05) is 11.6 Å². The lowest BCUT2D eigenvalue weighted by molar-refractivity contribution is 0.402. The molecule has 0 bridgehead atoms. The van der Waals surface area contributed by atoms with E-state index in [2.05, 4.69) is 10.6 Å². The summed E-state index contributed by atoms with van der Waals surface area (Å²) in [7, 11) is 0. The Morgan fingerprint density at radius 2 is 2.20 bits per heavy atom. The average molecular weight is 231 g/mol. The minimum Gasteiger partial charge on any atom is -0.506 e. The van der Waals surface area contributed by atoms with E-state index in [-0.39, 0.29) is 16.8 Å². The van der Waals surface area contributed by atoms with Crippen LogP contribution in [0.2, 0.25) is 5.02 Å². The van der Waals surface area contributed by atoms with E-state index in [0.717, 1.165) is 19.2 Å². The zero-order valence-electron chi connectivity index (χ0n) is 8.06. The highest BCUT2D eigenvalue weighted by Crippen LogP contribution is 2.32. The van der Waals surface area contributed by atoms with Gasteiger partial charge in [-0.15, -0.1) is 0 Å². The van der Waals surface area contributed by atoms with Crippen LogP contribution in [0.25, 0.3) is 0 Å². The highest BCUT2D eigenvalue weighted by Gasteiger charge is 2.20. The molecule has 15 heavy (non-hydrogen) atoms. The molecule has 5 heteroatoms. The van der Waals surface area contributed by atoms with Gasteiger partial charge in [0.25, 0.3) is 0 Å². The number of nitrogens with one attached hydrogen (secondary N) is 2. The molecular formula is C10H12ClFN2O. The zero-order chi connectivity index (χ0) is 10.8. The van der Waals surface area contributed by atoms with Gasteiger partial charge in [0.1, 0.15) is 11.6 Å². The maximum atomic E-state index is 13.1. The fraction of sp³-hybridized carbons (Fsp3) is 0.400. The van der Waals surface area contributed by atoms with E-state index in [1.165, 1.54) is 6.07 Å². The van der Waals surface area contributed by atoms with Crippen molar-refractivity contribution in [3.63, 3.8) is 0 Å². The molecule has 1 heterocycles. The number of hydrogen-bond donors (Lipinski definition) is 3. The Hall–Kier alpha value is -0.840. The first-order valence-electron chi connectivity index (χ1n) is 4.80. The minimum atomic E-state index is -0.430. The van der Waals surface area contributed by atoms with Crippen molar-refractivity contribution in [3.8, 4) is 5.75 Å². The number of phenolic OH excluding ortho intramolecular Hbond substituents is 1. The van der Waals surface area contributed by atoms with Gasteiger partial charge in [-0.2, -0.15) is 0 Å². The molecule has 1 aliphatic heterocycles. The summed E-state index contributed by atoms with van der Waals surface area (Å²) >= 11 is 5.70. The third-order valence-electron chi connectivity index (χ3n) is 2.47. The molecule has 2 rings (SSSR count). The fourth-order valence-corrected chi connectivity index (χ4v) is 1.94. The second kappa shape index (κ2) is 4.35. The SMILES string of the molecule is Oc1c(Cl)cc(F)cc1[C@H]1CNCCN1. The monoisotopic (exact) mass is 230 g/mol. The molecule has 3 N–H and O–H groups in total. The minimum absolute atomic E-state index is 0.0423. The summed E-state index contributed by atoms with van der Waals surface area (Å²) in [5, 5.41) is 16.1. The number of piperazine rings is 1. The van der Waals surface area contributed by atoms with Crippen LogP contribution in [0.3, 0.4) is 0 Å². The Balaban J connectivity index is 2.33. The number of hydrogen-bond acceptors (Lipinski definition) is 3. The van der Waals surface area contributed by atoms with Gasteiger partial charge < -0.3 is 15.7 Å². The molecule has 82 valence electrons. The molecule has 0 amide bonds. The van der Waals surface area contributed by atoms with Gasteiger partial charge in [-0.25, -0.2) is 4.39 Å². The van der Waals surface area contributed by atoms with Crippen LogP contribution < -0.4 is 10.6 Å². The van der Waals surface area contributed by atoms with Crippen LogP contribution in [0.4, 0.5) is 4.39 Å². The van der Waals surface area contributed by atoms with E-state index in [1.807, 2.05) is 0 Å². The first-order valence-corrected chi connectivity index (χ1v) is 5.18. The van der Waals surface area contributed by atoms with Crippen molar-refractivity contribution in [2.45, 2.75) is 6.04 Å². The molecule has 1 fully saturated rings. The Morgan fingerprint density at radius 3 is 2.87 bits per heavy atom. The largest absolute Gasteiger partial charge is 0.506 e. The van der Waals surface area contributed by atoms with Gasteiger partial charge in [0.05, 0.1) is 5.02 Å². The predicted molar refractivity (Wildman–Crippen MR) is 56.7 cm³/mol. The molecule has 0 radical (unpaired) electrons. The van der Waals surface area contributed by atoms with Gasteiger partial charge in [-0.3, -0.25) is 0 Å². The molecule has 1 atom stereocenters. The van der Waals surface area contributed by atoms with Crippen LogP contribution in [0.5, 0.6) is 5.75 Å². The summed E-state index contributed by atoms with van der Waals surface area (Å²) in [6.45, 7) is 2.33. The van der Waals surface area contributed by atoms with Crippen molar-refractivity contribution in [2.24, 2.45) is 0 Å². The summed E-state index contributed by atoms with van der Waals surface area (Å²) in [4.78, 5) is 0. The molecule has 0 spiro atoms. The topological polar surface area (TPSA) is 44.3 Å². The fourth-order valence-electron chi connectivity index (χ4n) is 1.72. The molecule has 1 saturated heterocycles. The molecule has 0 unspecified atom stereocenters. The average Bonchev–Trinajstić information content (AvgIpc) is 2.24. The predicted octanol–water partition coefficient (Wildman–Crippen LogP) is 1.42. The first kappa shape index (κ1) is 10.7. The number of phenols is 1. The van der Waals surface area contributed by atoms with Crippen LogP contribution >= 0.6 is 11.6 Å². The van der Waals surface area contributed by atoms with Crippen molar-refractivity contribution in [1.82, 2.24) is 10.6 Å². The Morgan fingerprint density at radius 1 is 1.40 bits per heavy atom. The van der Waals surface area contributed by atoms with Gasteiger partial charge in [-0.05, 0) is 12.1 Å². The van der Waals surface area contributed by atoms with Crippen molar-refractivity contribution >= 4 is 11.6 Å². The molecular weight excluding hydrogens is 219 g/mol. The normalized spacial score (nSPS) is 21.6. The lowest BCUT2D eigenvalue weighted by Gasteiger charge is -2.25. The van der Waals surface area contributed by atoms with E-state index >= 15 is 0 Å². The third-order valence-corrected chi connectivity index (χ3v) is 2.76. The van der Waals surface area contributed by atoms with Gasteiger partial charge in [0.15, 0.2) is 0 Å². The molecule has 1 aliphatic rings. The summed E-state index contributed by atoms with van der Waals surface area (Å²) in [6.07, 6.45) is 0. The zero-order valence-corrected chi connectivity index (χ0v) is 8.81. The smallest absolute Gasteiger partial charge is 0.139 e. The van der Waals surface area contributed by atoms with Crippen LogP contribution in [-0.4, -0.2) is 24.7 Å². The van der Waals surface area contributed by atoms with Crippen LogP contribution in [0, 0.1) is 5.82 Å². The second-order valence-corrected chi connectivity index (χ2v) is 3.94. The lowest BCUT2D eigenvalue weighted by Crippen LogP contribution is -2.42. The van der Waals surface area contributed by atoms with Gasteiger partial charge in [0.2, 0.25) is 0 Å². The van der Waals surface area contributed by atoms with E-state index in [4.69, 9.17) is 11.6 Å². The summed E-state index contributed by atoms with van der Waals surface area (Å²) in [5.41, 5.74) is 0.507. The quantitative estimate of drug-likeness (QED) is 0.684. The highest BCUT2D eigenvalue weighted by molar-refractivity contribution is 6.32. The standard InChI is InChI=1S/C10H12ClFN2O/c11-8-4-6(12)3-7(10(8)15)9-5-13-1-2-14-9/h3-4,9,13-15H,1-2,5H2/t9-/m1/s1. The van der Waals surface area contributed by atoms with Gasteiger partial charge >= 0.3 is 0 Å². The van der Waals surface area contributed by atoms with E-state index in [0.29, 0.717) is 12.1 Å². The molecule has 0 aromatic heterocycles. The second-order valence-electron chi connectivity index (χ2n) is 3.54. The maximum absolute atomic E-state index is 13.1. The van der Waals surface area contributed by atoms with E-state index in [1.54, 1.807) is 0 Å². The third kappa shape index (κ3) is 2.22. The summed E-state index contributed by atoms with van der Waals surface area (Å²) in [6, 6.07) is 2.33. The van der Waals surface area contributed by atoms with Crippen LogP contribution in [-0.2, 0) is 0 Å². The molecule has 3 nitrogen and oxygen atoms in total. The lowest BCUT2D eigenvalue weighted by atomic mass is 10.0. The summed E-state index contributed by atoms with van der Waals surface area (Å²) < 4.78 is 13.1. The van der Waals surface area contributed by atoms with Crippen molar-refractivity contribution in [1.29, 1.82) is 0 Å². The maximum Gasteiger partial charge on any atom is 0.139 e. The molecule has 1 aromatic rings. The van der Waals surface area contributed by atoms with Crippen molar-refractivity contribution < 1.29 is 9.50 Å². The van der Waals surface area contributed by atoms with E-state index < -0.39 is 5.82 Å². The molecule has 0 aliphatic carbocycles. The molecule has 1 aromatic carbocycles. The highest BCUT2D eigenvalue weighted by atomic mass is 35.5. The Bertz CT molecular complexity index is 367. The van der Waals surface area contributed by atoms with Crippen molar-refractivity contribution in [3.05, 3.63) is 28.5 Å². The molecule has 0 saturated carbocycles. The first-order chi connectivity index (χ1) is 7.18. The van der Waals surface area contributed by atoms with Crippen molar-refractivity contribution in [2.75, 3.05) is 19.6 Å². The summed E-state index contributed by atoms with van der Waals surface area (Å²) in [5.74, 6) is -0.473. The number of halogens is 2. The van der Waals surface area contributed by atoms with Crippen LogP contribution in [0.1, 0.15) is 11.6 Å². The van der Waals surface area contributed by atoms with Crippen LogP contribution in [0.15, 0.2) is 12.1 Å². The van der Waals surface area contributed by atoms with E-state index in [9.17, 15) is 9.50 Å². The Kier molecular flexibility index (Phi) is 3.09. The number of rotatable bonds is 1. The van der Waals surface area contributed by atoms with Gasteiger partial charge in [0, 0.05) is 31.2 Å². The number of aromatic hydroxyl groups is 1. The Labute approximate surface area is 92.2 Å².